The van der Waals surface area contributed by atoms with Crippen LogP contribution < -0.4 is 5.32 Å². The van der Waals surface area contributed by atoms with Crippen LogP contribution in [0.2, 0.25) is 0 Å². The molecular weight excluding hydrogens is 274 g/mol. The number of rotatable bonds is 8. The van der Waals surface area contributed by atoms with Gasteiger partial charge in [-0.05, 0) is 38.2 Å². The predicted octanol–water partition coefficient (Wildman–Crippen LogP) is 3.33. The highest BCUT2D eigenvalue weighted by Crippen LogP contribution is 2.43. The molecule has 3 heteroatoms. The summed E-state index contributed by atoms with van der Waals surface area (Å²) in [5.41, 5.74) is 1.48. The third-order valence-corrected chi connectivity index (χ3v) is 5.05. The van der Waals surface area contributed by atoms with Crippen LogP contribution in [0.4, 0.5) is 0 Å². The molecule has 0 radical (unpaired) electrons. The highest BCUT2D eigenvalue weighted by atomic mass is 16.5. The molecule has 124 valence electrons. The molecule has 4 unspecified atom stereocenters. The van der Waals surface area contributed by atoms with E-state index in [-0.39, 0.29) is 11.5 Å². The van der Waals surface area contributed by atoms with Crippen molar-refractivity contribution in [2.24, 2.45) is 5.41 Å². The molecule has 22 heavy (non-hydrogen) atoms. The molecule has 1 aliphatic carbocycles. The Bertz CT molecular complexity index is 444. The van der Waals surface area contributed by atoms with Crippen molar-refractivity contribution in [3.63, 3.8) is 0 Å². The average Bonchev–Trinajstić information content (AvgIpc) is 2.49. The molecule has 0 heterocycles. The zero-order valence-corrected chi connectivity index (χ0v) is 14.4. The molecular formula is C19H31NO2. The van der Waals surface area contributed by atoms with Crippen LogP contribution >= 0.6 is 0 Å². The van der Waals surface area contributed by atoms with Crippen LogP contribution in [-0.2, 0) is 4.74 Å². The molecule has 0 aromatic heterocycles. The number of aliphatic hydroxyl groups excluding tert-OH is 1. The number of hydrogen-bond donors (Lipinski definition) is 2. The van der Waals surface area contributed by atoms with Gasteiger partial charge >= 0.3 is 0 Å². The SMILES string of the molecule is CCOC1CC(NCC(CC(C)O)c2ccccc2)C1(C)C. The zero-order valence-electron chi connectivity index (χ0n) is 14.4. The molecule has 2 N–H and O–H groups in total. The van der Waals surface area contributed by atoms with Gasteiger partial charge in [0.2, 0.25) is 0 Å². The summed E-state index contributed by atoms with van der Waals surface area (Å²) in [5, 5.41) is 13.5. The monoisotopic (exact) mass is 305 g/mol. The smallest absolute Gasteiger partial charge is 0.0655 e. The van der Waals surface area contributed by atoms with Crippen LogP contribution in [0.25, 0.3) is 0 Å². The summed E-state index contributed by atoms with van der Waals surface area (Å²) < 4.78 is 5.80. The summed E-state index contributed by atoms with van der Waals surface area (Å²) in [6.45, 7) is 10.2. The molecule has 3 nitrogen and oxygen atoms in total. The highest BCUT2D eigenvalue weighted by molar-refractivity contribution is 5.20. The van der Waals surface area contributed by atoms with E-state index in [0.717, 1.165) is 26.0 Å². The second-order valence-corrected chi connectivity index (χ2v) is 7.15. The normalized spacial score (nSPS) is 26.2. The van der Waals surface area contributed by atoms with Crippen molar-refractivity contribution < 1.29 is 9.84 Å². The van der Waals surface area contributed by atoms with E-state index >= 15 is 0 Å². The summed E-state index contributed by atoms with van der Waals surface area (Å²) >= 11 is 0. The van der Waals surface area contributed by atoms with Crippen molar-refractivity contribution in [2.75, 3.05) is 13.2 Å². The number of nitrogens with one attached hydrogen (secondary N) is 1. The summed E-state index contributed by atoms with van der Waals surface area (Å²) in [5.74, 6) is 0.350. The largest absolute Gasteiger partial charge is 0.393 e. The fraction of sp³-hybridized carbons (Fsp3) is 0.684. The van der Waals surface area contributed by atoms with Crippen LogP contribution in [0.1, 0.15) is 52.0 Å². The van der Waals surface area contributed by atoms with Crippen molar-refractivity contribution in [3.05, 3.63) is 35.9 Å². The van der Waals surface area contributed by atoms with Crippen molar-refractivity contribution in [1.29, 1.82) is 0 Å². The van der Waals surface area contributed by atoms with Crippen molar-refractivity contribution in [1.82, 2.24) is 5.32 Å². The first kappa shape index (κ1) is 17.5. The Balaban J connectivity index is 1.92. The lowest BCUT2D eigenvalue weighted by molar-refractivity contribution is -0.114. The quantitative estimate of drug-likeness (QED) is 0.774. The number of hydrogen-bond acceptors (Lipinski definition) is 3. The van der Waals surface area contributed by atoms with E-state index in [2.05, 4.69) is 50.4 Å². The van der Waals surface area contributed by atoms with E-state index in [4.69, 9.17) is 4.74 Å². The van der Waals surface area contributed by atoms with Crippen LogP contribution in [-0.4, -0.2) is 36.5 Å². The molecule has 4 atom stereocenters. The second kappa shape index (κ2) is 7.58. The Hall–Kier alpha value is -0.900. The van der Waals surface area contributed by atoms with Gasteiger partial charge in [0.25, 0.3) is 0 Å². The summed E-state index contributed by atoms with van der Waals surface area (Å²) in [6, 6.07) is 11.0. The fourth-order valence-corrected chi connectivity index (χ4v) is 3.47. The van der Waals surface area contributed by atoms with Crippen molar-refractivity contribution in [3.8, 4) is 0 Å². The maximum absolute atomic E-state index is 9.79. The van der Waals surface area contributed by atoms with Gasteiger partial charge in [0, 0.05) is 24.6 Å². The topological polar surface area (TPSA) is 41.5 Å². The lowest BCUT2D eigenvalue weighted by atomic mass is 9.64. The predicted molar refractivity (Wildman–Crippen MR) is 91.1 cm³/mol. The van der Waals surface area contributed by atoms with Gasteiger partial charge < -0.3 is 15.2 Å². The summed E-state index contributed by atoms with van der Waals surface area (Å²) in [4.78, 5) is 0. The molecule has 2 rings (SSSR count). The Morgan fingerprint density at radius 1 is 1.32 bits per heavy atom. The van der Waals surface area contributed by atoms with Gasteiger partial charge in [-0.1, -0.05) is 44.2 Å². The number of ether oxygens (including phenoxy) is 1. The number of aliphatic hydroxyl groups is 1. The second-order valence-electron chi connectivity index (χ2n) is 7.15. The fourth-order valence-electron chi connectivity index (χ4n) is 3.47. The highest BCUT2D eigenvalue weighted by Gasteiger charge is 2.48. The minimum atomic E-state index is -0.280. The van der Waals surface area contributed by atoms with Gasteiger partial charge in [0.1, 0.15) is 0 Å². The van der Waals surface area contributed by atoms with Gasteiger partial charge in [0.05, 0.1) is 12.2 Å². The van der Waals surface area contributed by atoms with Gasteiger partial charge in [-0.15, -0.1) is 0 Å². The summed E-state index contributed by atoms with van der Waals surface area (Å²) in [7, 11) is 0. The first-order valence-electron chi connectivity index (χ1n) is 8.53. The van der Waals surface area contributed by atoms with Gasteiger partial charge in [-0.25, -0.2) is 0 Å². The van der Waals surface area contributed by atoms with Crippen LogP contribution in [0.15, 0.2) is 30.3 Å². The van der Waals surface area contributed by atoms with Crippen molar-refractivity contribution >= 4 is 0 Å². The Morgan fingerprint density at radius 3 is 2.55 bits per heavy atom. The lowest BCUT2D eigenvalue weighted by Gasteiger charge is -2.52. The molecule has 1 aliphatic rings. The molecule has 1 fully saturated rings. The third-order valence-electron chi connectivity index (χ3n) is 5.05. The Kier molecular flexibility index (Phi) is 6.01. The summed E-state index contributed by atoms with van der Waals surface area (Å²) in [6.07, 6.45) is 1.95. The van der Waals surface area contributed by atoms with Crippen LogP contribution in [0, 0.1) is 5.41 Å². The molecule has 0 aliphatic heterocycles. The molecule has 0 spiro atoms. The molecule has 0 amide bonds. The Labute approximate surface area is 135 Å². The average molecular weight is 305 g/mol. The minimum Gasteiger partial charge on any atom is -0.393 e. The van der Waals surface area contributed by atoms with E-state index in [9.17, 15) is 5.11 Å². The third kappa shape index (κ3) is 4.09. The van der Waals surface area contributed by atoms with Gasteiger partial charge in [0.15, 0.2) is 0 Å². The maximum atomic E-state index is 9.79. The standard InChI is InChI=1S/C19H31NO2/c1-5-22-18-12-17(19(18,3)4)20-13-16(11-14(2)21)15-9-7-6-8-10-15/h6-10,14,16-18,20-21H,5,11-13H2,1-4H3. The van der Waals surface area contributed by atoms with E-state index in [1.807, 2.05) is 13.0 Å². The van der Waals surface area contributed by atoms with E-state index < -0.39 is 0 Å². The zero-order chi connectivity index (χ0) is 16.2. The van der Waals surface area contributed by atoms with E-state index in [1.54, 1.807) is 0 Å². The van der Waals surface area contributed by atoms with Crippen LogP contribution in [0.5, 0.6) is 0 Å². The molecule has 1 aromatic carbocycles. The molecule has 1 saturated carbocycles. The van der Waals surface area contributed by atoms with Gasteiger partial charge in [-0.3, -0.25) is 0 Å². The van der Waals surface area contributed by atoms with E-state index in [1.165, 1.54) is 5.56 Å². The Morgan fingerprint density at radius 2 is 2.00 bits per heavy atom. The maximum Gasteiger partial charge on any atom is 0.0655 e. The lowest BCUT2D eigenvalue weighted by Crippen LogP contribution is -2.61. The first-order chi connectivity index (χ1) is 10.4. The first-order valence-corrected chi connectivity index (χ1v) is 8.53. The van der Waals surface area contributed by atoms with Crippen LogP contribution in [0.3, 0.4) is 0 Å². The minimum absolute atomic E-state index is 0.183. The van der Waals surface area contributed by atoms with E-state index in [0.29, 0.717) is 18.1 Å². The van der Waals surface area contributed by atoms with Crippen molar-refractivity contribution in [2.45, 2.75) is 64.7 Å². The molecule has 0 saturated heterocycles. The molecule has 1 aromatic rings. The van der Waals surface area contributed by atoms with Gasteiger partial charge in [-0.2, -0.15) is 0 Å². The number of benzene rings is 1. The molecule has 0 bridgehead atoms.